The lowest BCUT2D eigenvalue weighted by Crippen LogP contribution is -2.25. The van der Waals surface area contributed by atoms with Gasteiger partial charge in [-0.3, -0.25) is 19.9 Å². The molecule has 0 saturated carbocycles. The Kier molecular flexibility index (Phi) is 5.83. The number of benzene rings is 2. The summed E-state index contributed by atoms with van der Waals surface area (Å²) in [5, 5.41) is 3.43. The molecule has 1 atom stereocenters. The molecule has 0 bridgehead atoms. The summed E-state index contributed by atoms with van der Waals surface area (Å²) in [4.78, 5) is 32.4. The molecule has 1 saturated heterocycles. The zero-order valence-corrected chi connectivity index (χ0v) is 18.7. The van der Waals surface area contributed by atoms with Crippen LogP contribution >= 0.6 is 11.8 Å². The fourth-order valence-electron chi connectivity index (χ4n) is 3.87. The van der Waals surface area contributed by atoms with Gasteiger partial charge < -0.3 is 9.15 Å². The number of carbonyl (C=O) groups excluding carboxylic acids is 2. The summed E-state index contributed by atoms with van der Waals surface area (Å²) in [5.41, 5.74) is 2.76. The Labute approximate surface area is 194 Å². The lowest BCUT2D eigenvalue weighted by atomic mass is 10.0. The molecular formula is C25H21N3O4S. The van der Waals surface area contributed by atoms with Crippen LogP contribution in [0.3, 0.4) is 0 Å². The molecule has 4 aromatic rings. The minimum absolute atomic E-state index is 0.250. The Bertz CT molecular complexity index is 1340. The maximum absolute atomic E-state index is 12.0. The lowest BCUT2D eigenvalue weighted by Gasteiger charge is -2.13. The predicted molar refractivity (Wildman–Crippen MR) is 126 cm³/mol. The second kappa shape index (κ2) is 9.07. The van der Waals surface area contributed by atoms with Crippen LogP contribution < -0.4 is 10.1 Å². The second-order valence-corrected chi connectivity index (χ2v) is 8.89. The molecule has 2 amide bonds. The van der Waals surface area contributed by atoms with E-state index < -0.39 is 5.25 Å². The fourth-order valence-corrected chi connectivity index (χ4v) is 4.72. The molecule has 1 aliphatic heterocycles. The fraction of sp³-hybridized carbons (Fsp3) is 0.200. The van der Waals surface area contributed by atoms with Gasteiger partial charge in [0.15, 0.2) is 0 Å². The first-order chi connectivity index (χ1) is 16.1. The normalized spacial score (nSPS) is 15.7. The van der Waals surface area contributed by atoms with Gasteiger partial charge in [0, 0.05) is 35.2 Å². The van der Waals surface area contributed by atoms with Gasteiger partial charge in [0.25, 0.3) is 5.24 Å². The minimum Gasteiger partial charge on any atom is -0.493 e. The van der Waals surface area contributed by atoms with Crippen molar-refractivity contribution in [3.63, 3.8) is 0 Å². The number of thioether (sulfide) groups is 1. The Morgan fingerprint density at radius 2 is 1.94 bits per heavy atom. The zero-order chi connectivity index (χ0) is 22.8. The van der Waals surface area contributed by atoms with Crippen molar-refractivity contribution < 1.29 is 18.7 Å². The van der Waals surface area contributed by atoms with E-state index in [-0.39, 0.29) is 11.1 Å². The van der Waals surface area contributed by atoms with Crippen LogP contribution in [0.15, 0.2) is 65.3 Å². The highest BCUT2D eigenvalue weighted by molar-refractivity contribution is 8.15. The maximum Gasteiger partial charge on any atom is 0.286 e. The van der Waals surface area contributed by atoms with Crippen LogP contribution in [0, 0.1) is 6.92 Å². The number of pyridine rings is 1. The van der Waals surface area contributed by atoms with Gasteiger partial charge in [-0.15, -0.1) is 0 Å². The molecule has 1 aliphatic rings. The van der Waals surface area contributed by atoms with Crippen molar-refractivity contribution in [2.24, 2.45) is 0 Å². The molecule has 2 aromatic carbocycles. The second-order valence-electron chi connectivity index (χ2n) is 7.72. The van der Waals surface area contributed by atoms with E-state index in [1.54, 1.807) is 12.4 Å². The van der Waals surface area contributed by atoms with E-state index >= 15 is 0 Å². The van der Waals surface area contributed by atoms with Crippen LogP contribution in [0.1, 0.15) is 17.0 Å². The van der Waals surface area contributed by atoms with Crippen molar-refractivity contribution in [1.82, 2.24) is 15.3 Å². The number of oxazole rings is 1. The number of aromatic nitrogens is 2. The van der Waals surface area contributed by atoms with E-state index in [2.05, 4.69) is 15.3 Å². The molecule has 0 radical (unpaired) electrons. The average molecular weight is 460 g/mol. The van der Waals surface area contributed by atoms with Gasteiger partial charge in [0.1, 0.15) is 11.5 Å². The Morgan fingerprint density at radius 3 is 2.73 bits per heavy atom. The number of rotatable bonds is 7. The van der Waals surface area contributed by atoms with Crippen molar-refractivity contribution >= 4 is 33.7 Å². The summed E-state index contributed by atoms with van der Waals surface area (Å²) < 4.78 is 11.9. The third-order valence-electron chi connectivity index (χ3n) is 5.55. The highest BCUT2D eigenvalue weighted by Gasteiger charge is 2.32. The van der Waals surface area contributed by atoms with Crippen LogP contribution in [0.5, 0.6) is 5.75 Å². The number of carbonyl (C=O) groups is 2. The Balaban J connectivity index is 1.31. The molecular weight excluding hydrogens is 438 g/mol. The summed E-state index contributed by atoms with van der Waals surface area (Å²) in [7, 11) is 0. The van der Waals surface area contributed by atoms with Gasteiger partial charge in [-0.25, -0.2) is 4.98 Å². The van der Waals surface area contributed by atoms with Crippen LogP contribution in [0.2, 0.25) is 0 Å². The number of amides is 2. The number of nitrogens with one attached hydrogen (secondary N) is 1. The quantitative estimate of drug-likeness (QED) is 0.428. The highest BCUT2D eigenvalue weighted by Crippen LogP contribution is 2.32. The largest absolute Gasteiger partial charge is 0.493 e. The first kappa shape index (κ1) is 21.2. The number of aryl methyl sites for hydroxylation is 1. The molecule has 1 unspecified atom stereocenters. The van der Waals surface area contributed by atoms with Crippen molar-refractivity contribution in [3.05, 3.63) is 77.9 Å². The van der Waals surface area contributed by atoms with E-state index in [9.17, 15) is 9.59 Å². The van der Waals surface area contributed by atoms with Crippen molar-refractivity contribution in [2.45, 2.75) is 25.0 Å². The summed E-state index contributed by atoms with van der Waals surface area (Å²) >= 11 is 1.03. The minimum atomic E-state index is -0.429. The van der Waals surface area contributed by atoms with Gasteiger partial charge in [0.2, 0.25) is 11.8 Å². The third-order valence-corrected chi connectivity index (χ3v) is 6.53. The van der Waals surface area contributed by atoms with E-state index in [0.29, 0.717) is 25.3 Å². The van der Waals surface area contributed by atoms with Crippen LogP contribution in [0.25, 0.3) is 22.2 Å². The third kappa shape index (κ3) is 4.47. The van der Waals surface area contributed by atoms with Crippen molar-refractivity contribution in [1.29, 1.82) is 0 Å². The lowest BCUT2D eigenvalue weighted by molar-refractivity contribution is -0.118. The van der Waals surface area contributed by atoms with E-state index in [4.69, 9.17) is 9.15 Å². The van der Waals surface area contributed by atoms with Gasteiger partial charge in [-0.1, -0.05) is 36.0 Å². The SMILES string of the molecule is Cc1oc(-c2ccccc2)nc1CCOc1ccc(CC2SC(=O)NC2=O)c2cnccc12. The van der Waals surface area contributed by atoms with Crippen molar-refractivity contribution in [3.8, 4) is 17.2 Å². The zero-order valence-electron chi connectivity index (χ0n) is 17.9. The Hall–Kier alpha value is -3.65. The van der Waals surface area contributed by atoms with Gasteiger partial charge in [-0.2, -0.15) is 0 Å². The number of hydrogen-bond donors (Lipinski definition) is 1. The molecule has 33 heavy (non-hydrogen) atoms. The van der Waals surface area contributed by atoms with E-state index in [1.165, 1.54) is 0 Å². The van der Waals surface area contributed by atoms with Crippen LogP contribution in [-0.4, -0.2) is 33.0 Å². The molecule has 2 aromatic heterocycles. The molecule has 0 aliphatic carbocycles. The summed E-state index contributed by atoms with van der Waals surface area (Å²) in [5.74, 6) is 1.88. The van der Waals surface area contributed by atoms with Gasteiger partial charge in [0.05, 0.1) is 17.6 Å². The number of imide groups is 1. The monoisotopic (exact) mass is 459 g/mol. The topological polar surface area (TPSA) is 94.3 Å². The predicted octanol–water partition coefficient (Wildman–Crippen LogP) is 4.71. The molecule has 3 heterocycles. The first-order valence-corrected chi connectivity index (χ1v) is 11.5. The summed E-state index contributed by atoms with van der Waals surface area (Å²) in [6.45, 7) is 2.35. The molecule has 5 rings (SSSR count). The van der Waals surface area contributed by atoms with Crippen LogP contribution in [0.4, 0.5) is 4.79 Å². The first-order valence-electron chi connectivity index (χ1n) is 10.6. The molecule has 0 spiro atoms. The molecule has 166 valence electrons. The summed E-state index contributed by atoms with van der Waals surface area (Å²) in [6, 6.07) is 15.5. The highest BCUT2D eigenvalue weighted by atomic mass is 32.2. The molecule has 7 nitrogen and oxygen atoms in total. The maximum atomic E-state index is 12.0. The molecule has 1 N–H and O–H groups in total. The van der Waals surface area contributed by atoms with Crippen LogP contribution in [-0.2, 0) is 17.6 Å². The van der Waals surface area contributed by atoms with Gasteiger partial charge >= 0.3 is 0 Å². The average Bonchev–Trinajstić information content (AvgIpc) is 3.36. The smallest absolute Gasteiger partial charge is 0.286 e. The number of ether oxygens (including phenoxy) is 1. The molecule has 1 fully saturated rings. The van der Waals surface area contributed by atoms with Crippen molar-refractivity contribution in [2.75, 3.05) is 6.61 Å². The number of hydrogen-bond acceptors (Lipinski definition) is 7. The number of nitrogens with zero attached hydrogens (tertiary/aromatic N) is 2. The van der Waals surface area contributed by atoms with E-state index in [1.807, 2.05) is 55.5 Å². The summed E-state index contributed by atoms with van der Waals surface area (Å²) in [6.07, 6.45) is 4.54. The standard InChI is InChI=1S/C25H21N3O4S/c1-15-20(27-24(32-15)16-5-3-2-4-6-16)10-12-31-21-8-7-17(19-14-26-11-9-18(19)21)13-22-23(29)28-25(30)33-22/h2-9,11,14,22H,10,12-13H2,1H3,(H,28,29,30). The van der Waals surface area contributed by atoms with Gasteiger partial charge in [-0.05, 0) is 43.2 Å². The van der Waals surface area contributed by atoms with E-state index in [0.717, 1.165) is 50.9 Å². The number of fused-ring (bicyclic) bond motifs is 1. The molecule has 8 heteroatoms. The Morgan fingerprint density at radius 1 is 1.09 bits per heavy atom.